The molecule has 0 aliphatic rings. The Labute approximate surface area is 508 Å². The molecular formula is C69H78N2O16. The van der Waals surface area contributed by atoms with Gasteiger partial charge in [-0.15, -0.1) is 0 Å². The number of carbonyl (C=O) groups is 4. The number of carbonyl (C=O) groups excluding carboxylic acids is 4. The van der Waals surface area contributed by atoms with E-state index in [9.17, 15) is 39.4 Å². The average Bonchev–Trinajstić information content (AvgIpc) is 2.34. The predicted molar refractivity (Wildman–Crippen MR) is 331 cm³/mol. The summed E-state index contributed by atoms with van der Waals surface area (Å²) in [5.41, 5.74) is 0.154. The van der Waals surface area contributed by atoms with Crippen LogP contribution in [-0.2, 0) is 41.5 Å². The SMILES string of the molecule is CCCCCOc1ccc(OC(=O)C=Cc2ccc(OCCCCCCOC(=O)C(Cc3ccc([N+](=O)[O-])cc3)(Cc3ccc([N+](=O)[O-])cc3)C(=O)OCCCCCCOc3ccc(C=CC(=O)Oc4ccc(OCCCCC)cc4)cc3)cc2)cc1. The van der Waals surface area contributed by atoms with Crippen LogP contribution in [0.5, 0.6) is 34.5 Å². The van der Waals surface area contributed by atoms with Crippen molar-refractivity contribution in [3.63, 3.8) is 0 Å². The highest BCUT2D eigenvalue weighted by molar-refractivity contribution is 6.01. The van der Waals surface area contributed by atoms with Crippen LogP contribution in [-0.4, -0.2) is 73.4 Å². The summed E-state index contributed by atoms with van der Waals surface area (Å²) in [6, 6.07) is 39.5. The van der Waals surface area contributed by atoms with Crippen LogP contribution in [0.2, 0.25) is 0 Å². The molecule has 6 rings (SSSR count). The quantitative estimate of drug-likeness (QED) is 0.00662. The summed E-state index contributed by atoms with van der Waals surface area (Å²) in [5, 5.41) is 23.1. The van der Waals surface area contributed by atoms with Gasteiger partial charge in [-0.1, -0.05) is 88.1 Å². The third kappa shape index (κ3) is 24.3. The van der Waals surface area contributed by atoms with E-state index in [-0.39, 0.29) is 37.4 Å². The third-order valence-electron chi connectivity index (χ3n) is 13.9. The maximum Gasteiger partial charge on any atom is 0.336 e. The van der Waals surface area contributed by atoms with Gasteiger partial charge in [-0.05, 0) is 184 Å². The number of esters is 4. The van der Waals surface area contributed by atoms with Crippen molar-refractivity contribution < 1.29 is 66.9 Å². The first-order valence-electron chi connectivity index (χ1n) is 29.8. The highest BCUT2D eigenvalue weighted by Gasteiger charge is 2.49. The lowest BCUT2D eigenvalue weighted by Gasteiger charge is -2.30. The molecule has 0 saturated carbocycles. The van der Waals surface area contributed by atoms with Crippen molar-refractivity contribution in [3.05, 3.63) is 200 Å². The van der Waals surface area contributed by atoms with Gasteiger partial charge >= 0.3 is 23.9 Å². The molecule has 87 heavy (non-hydrogen) atoms. The molecule has 0 aliphatic carbocycles. The van der Waals surface area contributed by atoms with Crippen molar-refractivity contribution in [2.45, 2.75) is 117 Å². The molecule has 0 saturated heterocycles. The molecule has 0 bridgehead atoms. The van der Waals surface area contributed by atoms with Crippen LogP contribution in [0, 0.1) is 25.6 Å². The molecule has 18 heteroatoms. The van der Waals surface area contributed by atoms with Crippen LogP contribution in [0.1, 0.15) is 126 Å². The van der Waals surface area contributed by atoms with E-state index in [2.05, 4.69) is 13.8 Å². The van der Waals surface area contributed by atoms with E-state index in [1.807, 2.05) is 48.5 Å². The van der Waals surface area contributed by atoms with Crippen molar-refractivity contribution >= 4 is 47.4 Å². The molecular weight excluding hydrogens is 1110 g/mol. The molecule has 0 unspecified atom stereocenters. The standard InChI is InChI=1S/C69H78N2O16/c1-3-5-11-45-80-61-35-39-63(40-36-61)86-65(72)43-25-53-21-31-59(32-22-53)82-47-13-7-9-15-49-84-67(74)69(51-55-17-27-57(28-18-55)70(76)77,52-56-19-29-58(30-20-56)71(78)79)68(75)85-50-16-10-8-14-48-83-60-33-23-54(24-34-60)26-44-66(73)87-64-41-37-62(38-42-64)81-46-12-6-4-2/h17-44H,3-16,45-52H2,1-2H3. The molecule has 460 valence electrons. The van der Waals surface area contributed by atoms with Crippen LogP contribution in [0.4, 0.5) is 11.4 Å². The lowest BCUT2D eigenvalue weighted by atomic mass is 9.76. The van der Waals surface area contributed by atoms with Crippen LogP contribution >= 0.6 is 0 Å². The Balaban J connectivity index is 0.943. The van der Waals surface area contributed by atoms with Gasteiger partial charge in [0.05, 0.1) is 49.5 Å². The van der Waals surface area contributed by atoms with Crippen LogP contribution in [0.3, 0.4) is 0 Å². The summed E-state index contributed by atoms with van der Waals surface area (Å²) >= 11 is 0. The number of ether oxygens (including phenoxy) is 8. The van der Waals surface area contributed by atoms with E-state index in [4.69, 9.17) is 37.9 Å². The van der Waals surface area contributed by atoms with Crippen LogP contribution in [0.15, 0.2) is 158 Å². The molecule has 0 N–H and O–H groups in total. The second-order valence-corrected chi connectivity index (χ2v) is 20.8. The molecule has 0 aromatic heterocycles. The molecule has 0 radical (unpaired) electrons. The lowest BCUT2D eigenvalue weighted by Crippen LogP contribution is -2.46. The predicted octanol–water partition coefficient (Wildman–Crippen LogP) is 15.0. The summed E-state index contributed by atoms with van der Waals surface area (Å²) in [6.45, 7) is 6.40. The van der Waals surface area contributed by atoms with Gasteiger partial charge in [0.15, 0.2) is 5.41 Å². The van der Waals surface area contributed by atoms with Gasteiger partial charge in [0.2, 0.25) is 0 Å². The van der Waals surface area contributed by atoms with E-state index in [1.165, 1.54) is 60.7 Å². The molecule has 0 atom stereocenters. The first kappa shape index (κ1) is 66.8. The first-order chi connectivity index (χ1) is 42.3. The lowest BCUT2D eigenvalue weighted by molar-refractivity contribution is -0.385. The molecule has 6 aromatic rings. The van der Waals surface area contributed by atoms with Crippen molar-refractivity contribution in [1.29, 1.82) is 0 Å². The Kier molecular flexibility index (Phi) is 28.6. The van der Waals surface area contributed by atoms with E-state index >= 15 is 0 Å². The number of nitro groups is 2. The number of nitro benzene ring substituents is 2. The smallest absolute Gasteiger partial charge is 0.336 e. The molecule has 0 spiro atoms. The molecule has 0 heterocycles. The Morgan fingerprint density at radius 1 is 0.379 bits per heavy atom. The summed E-state index contributed by atoms with van der Waals surface area (Å²) in [7, 11) is 0. The van der Waals surface area contributed by atoms with Crippen LogP contribution in [0.25, 0.3) is 12.2 Å². The van der Waals surface area contributed by atoms with Crippen molar-refractivity contribution in [2.75, 3.05) is 39.6 Å². The number of hydrogen-bond acceptors (Lipinski definition) is 16. The van der Waals surface area contributed by atoms with E-state index < -0.39 is 39.1 Å². The fourth-order valence-corrected chi connectivity index (χ4v) is 8.98. The van der Waals surface area contributed by atoms with Gasteiger partial charge in [0.25, 0.3) is 11.4 Å². The summed E-state index contributed by atoms with van der Waals surface area (Å²) in [6.07, 6.45) is 17.2. The minimum Gasteiger partial charge on any atom is -0.494 e. The zero-order valence-electron chi connectivity index (χ0n) is 49.6. The average molecular weight is 1190 g/mol. The summed E-state index contributed by atoms with van der Waals surface area (Å²) in [4.78, 5) is 75.8. The van der Waals surface area contributed by atoms with Gasteiger partial charge < -0.3 is 37.9 Å². The number of nitrogens with zero attached hydrogens (tertiary/aromatic N) is 2. The number of benzene rings is 6. The van der Waals surface area contributed by atoms with E-state index in [0.717, 1.165) is 74.0 Å². The van der Waals surface area contributed by atoms with Gasteiger partial charge in [0.1, 0.15) is 34.5 Å². The fraction of sp³-hybridized carbons (Fsp3) is 0.362. The number of hydrogen-bond donors (Lipinski definition) is 0. The largest absolute Gasteiger partial charge is 0.494 e. The highest BCUT2D eigenvalue weighted by Crippen LogP contribution is 2.34. The zero-order valence-corrected chi connectivity index (χ0v) is 49.6. The van der Waals surface area contributed by atoms with E-state index in [0.29, 0.717) is 99.1 Å². The minimum atomic E-state index is -1.96. The van der Waals surface area contributed by atoms with Crippen molar-refractivity contribution in [1.82, 2.24) is 0 Å². The Morgan fingerprint density at radius 2 is 0.667 bits per heavy atom. The maximum absolute atomic E-state index is 14.5. The van der Waals surface area contributed by atoms with Crippen molar-refractivity contribution in [3.8, 4) is 34.5 Å². The third-order valence-corrected chi connectivity index (χ3v) is 13.9. The maximum atomic E-state index is 14.5. The van der Waals surface area contributed by atoms with Crippen LogP contribution < -0.4 is 28.4 Å². The second-order valence-electron chi connectivity index (χ2n) is 20.8. The second kappa shape index (κ2) is 37.2. The number of unbranched alkanes of at least 4 members (excludes halogenated alkanes) is 10. The van der Waals surface area contributed by atoms with Gasteiger partial charge in [0, 0.05) is 36.4 Å². The van der Waals surface area contributed by atoms with Gasteiger partial charge in [-0.2, -0.15) is 0 Å². The van der Waals surface area contributed by atoms with Gasteiger partial charge in [-0.25, -0.2) is 9.59 Å². The normalized spacial score (nSPS) is 11.2. The minimum absolute atomic E-state index is 0.00980. The topological polar surface area (TPSA) is 228 Å². The zero-order chi connectivity index (χ0) is 61.9. The number of rotatable bonds is 40. The summed E-state index contributed by atoms with van der Waals surface area (Å²) in [5.74, 6) is 0.876. The van der Waals surface area contributed by atoms with Gasteiger partial charge in [-0.3, -0.25) is 29.8 Å². The van der Waals surface area contributed by atoms with E-state index in [1.54, 1.807) is 60.7 Å². The molecule has 6 aromatic carbocycles. The Morgan fingerprint density at radius 3 is 0.977 bits per heavy atom. The Hall–Kier alpha value is -9.32. The first-order valence-corrected chi connectivity index (χ1v) is 29.8. The number of non-ortho nitro benzene ring substituents is 2. The monoisotopic (exact) mass is 1190 g/mol. The Bertz CT molecular complexity index is 2910. The fourth-order valence-electron chi connectivity index (χ4n) is 8.98. The molecule has 0 amide bonds. The summed E-state index contributed by atoms with van der Waals surface area (Å²) < 4.78 is 45.9. The highest BCUT2D eigenvalue weighted by atomic mass is 16.6. The molecule has 0 aliphatic heterocycles. The molecule has 0 fully saturated rings. The molecule has 18 nitrogen and oxygen atoms in total. The van der Waals surface area contributed by atoms with Crippen molar-refractivity contribution in [2.24, 2.45) is 5.41 Å².